The Morgan fingerprint density at radius 3 is 2.85 bits per heavy atom. The lowest BCUT2D eigenvalue weighted by Gasteiger charge is -2.38. The van der Waals surface area contributed by atoms with Crippen LogP contribution in [0.15, 0.2) is 41.3 Å². The third kappa shape index (κ3) is 4.40. The lowest BCUT2D eigenvalue weighted by molar-refractivity contribution is -0.137. The van der Waals surface area contributed by atoms with E-state index in [1.165, 1.54) is 23.4 Å². The first-order valence-corrected chi connectivity index (χ1v) is 9.21. The first-order chi connectivity index (χ1) is 12.8. The predicted octanol–water partition coefficient (Wildman–Crippen LogP) is 4.00. The first kappa shape index (κ1) is 19.6. The molecule has 0 aromatic carbocycles. The van der Waals surface area contributed by atoms with Crippen LogP contribution in [0.3, 0.4) is 0 Å². The molecular weight excluding hydrogens is 425 g/mol. The molecule has 0 N–H and O–H groups in total. The summed E-state index contributed by atoms with van der Waals surface area (Å²) in [6, 6.07) is 3.73. The van der Waals surface area contributed by atoms with Gasteiger partial charge in [0.2, 0.25) is 0 Å². The number of pyridine rings is 2. The summed E-state index contributed by atoms with van der Waals surface area (Å²) >= 11 is 3.29. The number of likely N-dealkylation sites (tertiary alicyclic amines) is 1. The molecule has 9 heteroatoms. The summed E-state index contributed by atoms with van der Waals surface area (Å²) in [5, 5.41) is 0. The van der Waals surface area contributed by atoms with E-state index in [2.05, 4.69) is 25.9 Å². The second kappa shape index (κ2) is 7.84. The molecule has 27 heavy (non-hydrogen) atoms. The van der Waals surface area contributed by atoms with Crippen molar-refractivity contribution in [3.63, 3.8) is 0 Å². The van der Waals surface area contributed by atoms with E-state index >= 15 is 0 Å². The zero-order chi connectivity index (χ0) is 19.6. The Bertz CT molecular complexity index is 830. The molecule has 0 spiro atoms. The zero-order valence-electron chi connectivity index (χ0n) is 14.6. The Labute approximate surface area is 163 Å². The minimum atomic E-state index is -4.48. The fourth-order valence-electron chi connectivity index (χ4n) is 3.24. The molecule has 1 aliphatic rings. The standard InChI is InChI=1S/C18H18BrF3N4O/c1-25(16-15(18(20,21)22)5-2-6-24-16)14-4-3-7-26(11-14)17(27)12-8-13(19)10-23-9-12/h2,5-6,8-10,14H,3-4,7,11H2,1H3. The van der Waals surface area contributed by atoms with E-state index in [1.807, 2.05) is 0 Å². The second-order valence-corrected chi connectivity index (χ2v) is 7.34. The molecule has 1 aliphatic heterocycles. The summed E-state index contributed by atoms with van der Waals surface area (Å²) in [5.74, 6) is -0.299. The SMILES string of the molecule is CN(c1ncccc1C(F)(F)F)C1CCCN(C(=O)c2cncc(Br)c2)C1. The van der Waals surface area contributed by atoms with Crippen LogP contribution in [0.25, 0.3) is 0 Å². The molecular formula is C18H18BrF3N4O. The van der Waals surface area contributed by atoms with Gasteiger partial charge in [-0.05, 0) is 47.0 Å². The quantitative estimate of drug-likeness (QED) is 0.720. The highest BCUT2D eigenvalue weighted by atomic mass is 79.9. The summed E-state index contributed by atoms with van der Waals surface area (Å²) in [4.78, 5) is 23.9. The molecule has 3 rings (SSSR count). The highest BCUT2D eigenvalue weighted by Crippen LogP contribution is 2.36. The number of carbonyl (C=O) groups excluding carboxylic acids is 1. The highest BCUT2D eigenvalue weighted by molar-refractivity contribution is 9.10. The van der Waals surface area contributed by atoms with Crippen molar-refractivity contribution < 1.29 is 18.0 Å². The lowest BCUT2D eigenvalue weighted by Crippen LogP contribution is -2.49. The predicted molar refractivity (Wildman–Crippen MR) is 98.5 cm³/mol. The van der Waals surface area contributed by atoms with E-state index in [4.69, 9.17) is 0 Å². The zero-order valence-corrected chi connectivity index (χ0v) is 16.2. The van der Waals surface area contributed by atoms with Crippen molar-refractivity contribution in [3.8, 4) is 0 Å². The van der Waals surface area contributed by atoms with Gasteiger partial charge in [0.05, 0.1) is 11.1 Å². The van der Waals surface area contributed by atoms with Crippen LogP contribution in [0.1, 0.15) is 28.8 Å². The van der Waals surface area contributed by atoms with Crippen molar-refractivity contribution in [1.82, 2.24) is 14.9 Å². The van der Waals surface area contributed by atoms with Crippen LogP contribution in [0.2, 0.25) is 0 Å². The first-order valence-electron chi connectivity index (χ1n) is 8.42. The van der Waals surface area contributed by atoms with E-state index < -0.39 is 11.7 Å². The van der Waals surface area contributed by atoms with Gasteiger partial charge in [0.1, 0.15) is 5.82 Å². The van der Waals surface area contributed by atoms with Crippen LogP contribution in [0.5, 0.6) is 0 Å². The Balaban J connectivity index is 1.80. The number of aromatic nitrogens is 2. The van der Waals surface area contributed by atoms with E-state index in [9.17, 15) is 18.0 Å². The molecule has 1 amide bonds. The van der Waals surface area contributed by atoms with Gasteiger partial charge in [-0.15, -0.1) is 0 Å². The van der Waals surface area contributed by atoms with Gasteiger partial charge in [-0.25, -0.2) is 4.98 Å². The fraction of sp³-hybridized carbons (Fsp3) is 0.389. The maximum atomic E-state index is 13.3. The normalized spacial score (nSPS) is 17.7. The van der Waals surface area contributed by atoms with Crippen LogP contribution >= 0.6 is 15.9 Å². The largest absolute Gasteiger partial charge is 0.419 e. The van der Waals surface area contributed by atoms with Gasteiger partial charge in [-0.3, -0.25) is 9.78 Å². The average Bonchev–Trinajstić information content (AvgIpc) is 2.66. The topological polar surface area (TPSA) is 49.3 Å². The Hall–Kier alpha value is -2.16. The number of amides is 1. The van der Waals surface area contributed by atoms with Crippen LogP contribution in [0.4, 0.5) is 19.0 Å². The highest BCUT2D eigenvalue weighted by Gasteiger charge is 2.37. The maximum Gasteiger partial charge on any atom is 0.419 e. The summed E-state index contributed by atoms with van der Waals surface area (Å²) < 4.78 is 40.6. The molecule has 1 unspecified atom stereocenters. The van der Waals surface area contributed by atoms with Gasteiger partial charge in [0.15, 0.2) is 0 Å². The summed E-state index contributed by atoms with van der Waals surface area (Å²) in [6.45, 7) is 0.889. The number of halogens is 4. The van der Waals surface area contributed by atoms with E-state index in [-0.39, 0.29) is 17.8 Å². The van der Waals surface area contributed by atoms with Crippen molar-refractivity contribution in [2.24, 2.45) is 0 Å². The maximum absolute atomic E-state index is 13.3. The number of nitrogens with zero attached hydrogens (tertiary/aromatic N) is 4. The Kier molecular flexibility index (Phi) is 5.69. The molecule has 1 saturated heterocycles. The average molecular weight is 443 g/mol. The van der Waals surface area contributed by atoms with E-state index in [1.54, 1.807) is 24.2 Å². The van der Waals surface area contributed by atoms with Crippen LogP contribution in [-0.2, 0) is 6.18 Å². The van der Waals surface area contributed by atoms with Gasteiger partial charge in [0.25, 0.3) is 5.91 Å². The molecule has 5 nitrogen and oxygen atoms in total. The van der Waals surface area contributed by atoms with Crippen molar-refractivity contribution in [2.75, 3.05) is 25.0 Å². The monoisotopic (exact) mass is 442 g/mol. The smallest absolute Gasteiger partial charge is 0.354 e. The summed E-state index contributed by atoms with van der Waals surface area (Å²) in [6.07, 6.45) is 1.33. The van der Waals surface area contributed by atoms with Crippen molar-refractivity contribution in [1.29, 1.82) is 0 Å². The third-order valence-electron chi connectivity index (χ3n) is 4.61. The molecule has 0 aliphatic carbocycles. The van der Waals surface area contributed by atoms with E-state index in [0.717, 1.165) is 6.07 Å². The fourth-order valence-corrected chi connectivity index (χ4v) is 3.60. The van der Waals surface area contributed by atoms with Crippen molar-refractivity contribution >= 4 is 27.7 Å². The summed E-state index contributed by atoms with van der Waals surface area (Å²) in [7, 11) is 1.59. The molecule has 144 valence electrons. The van der Waals surface area contributed by atoms with Gasteiger partial charge in [-0.1, -0.05) is 0 Å². The number of rotatable bonds is 3. The van der Waals surface area contributed by atoms with Crippen LogP contribution in [-0.4, -0.2) is 47.0 Å². The molecule has 0 saturated carbocycles. The molecule has 1 fully saturated rings. The van der Waals surface area contributed by atoms with Gasteiger partial charge in [0, 0.05) is 49.2 Å². The number of alkyl halides is 3. The number of carbonyl (C=O) groups is 1. The number of hydrogen-bond acceptors (Lipinski definition) is 4. The molecule has 2 aromatic rings. The number of hydrogen-bond donors (Lipinski definition) is 0. The van der Waals surface area contributed by atoms with Gasteiger partial charge >= 0.3 is 6.18 Å². The minimum Gasteiger partial charge on any atom is -0.354 e. The van der Waals surface area contributed by atoms with Crippen LogP contribution in [0, 0.1) is 0 Å². The molecule has 3 heterocycles. The molecule has 0 radical (unpaired) electrons. The van der Waals surface area contributed by atoms with Crippen molar-refractivity contribution in [3.05, 3.63) is 52.4 Å². The molecule has 2 aromatic heterocycles. The lowest BCUT2D eigenvalue weighted by atomic mass is 10.0. The van der Waals surface area contributed by atoms with Gasteiger partial charge in [-0.2, -0.15) is 13.2 Å². The Morgan fingerprint density at radius 1 is 1.37 bits per heavy atom. The molecule has 0 bridgehead atoms. The number of likely N-dealkylation sites (N-methyl/N-ethyl adjacent to an activating group) is 1. The third-order valence-corrected chi connectivity index (χ3v) is 5.04. The van der Waals surface area contributed by atoms with Gasteiger partial charge < -0.3 is 9.80 Å². The second-order valence-electron chi connectivity index (χ2n) is 6.42. The Morgan fingerprint density at radius 2 is 2.15 bits per heavy atom. The van der Waals surface area contributed by atoms with Crippen molar-refractivity contribution in [2.45, 2.75) is 25.1 Å². The number of piperidine rings is 1. The minimum absolute atomic E-state index is 0.117. The number of anilines is 1. The van der Waals surface area contributed by atoms with E-state index in [0.29, 0.717) is 36.0 Å². The van der Waals surface area contributed by atoms with Crippen LogP contribution < -0.4 is 4.90 Å². The summed E-state index contributed by atoms with van der Waals surface area (Å²) in [5.41, 5.74) is -0.325. The molecule has 1 atom stereocenters.